The number of methoxy groups -OCH3 is 1. The van der Waals surface area contributed by atoms with Crippen molar-refractivity contribution in [1.29, 1.82) is 0 Å². The molecule has 12 heteroatoms. The minimum Gasteiger partial charge on any atom is -0.493 e. The Bertz CT molecular complexity index is 1250. The fourth-order valence-electron chi connectivity index (χ4n) is 3.34. The molecule has 0 bridgehead atoms. The summed E-state index contributed by atoms with van der Waals surface area (Å²) in [5.41, 5.74) is 0.928. The molecule has 1 N–H and O–H groups in total. The maximum atomic E-state index is 12.5. The number of hydrogen-bond donors (Lipinski definition) is 1. The van der Waals surface area contributed by atoms with Crippen molar-refractivity contribution >= 4 is 39.9 Å². The van der Waals surface area contributed by atoms with Gasteiger partial charge in [-0.1, -0.05) is 18.2 Å². The van der Waals surface area contributed by atoms with Crippen LogP contribution in [0, 0.1) is 0 Å². The van der Waals surface area contributed by atoms with E-state index in [1.807, 2.05) is 0 Å². The predicted octanol–water partition coefficient (Wildman–Crippen LogP) is 4.71. The lowest BCUT2D eigenvalue weighted by Gasteiger charge is -2.38. The summed E-state index contributed by atoms with van der Waals surface area (Å²) in [5.74, 6) is 0.556. The predicted molar refractivity (Wildman–Crippen MR) is 119 cm³/mol. The number of ether oxygens (including phenoxy) is 3. The van der Waals surface area contributed by atoms with Gasteiger partial charge in [-0.05, 0) is 30.3 Å². The van der Waals surface area contributed by atoms with Crippen LogP contribution in [0.1, 0.15) is 0 Å². The molecule has 3 aromatic rings. The molecule has 1 fully saturated rings. The number of nitrogens with zero attached hydrogens (tertiary/aromatic N) is 3. The molecule has 8 nitrogen and oxygen atoms in total. The Balaban J connectivity index is 1.59. The first-order valence-corrected chi connectivity index (χ1v) is 10.3. The van der Waals surface area contributed by atoms with E-state index in [4.69, 9.17) is 21.1 Å². The molecule has 1 aliphatic rings. The Morgan fingerprint density at radius 2 is 1.97 bits per heavy atom. The highest BCUT2D eigenvalue weighted by Gasteiger charge is 2.33. The first kappa shape index (κ1) is 23.4. The zero-order chi connectivity index (χ0) is 24.5. The van der Waals surface area contributed by atoms with Crippen LogP contribution in [-0.4, -0.2) is 53.4 Å². The molecule has 4 rings (SSSR count). The average molecular weight is 495 g/mol. The van der Waals surface area contributed by atoms with Crippen LogP contribution in [0.15, 0.2) is 49.3 Å². The molecular weight excluding hydrogens is 477 g/mol. The summed E-state index contributed by atoms with van der Waals surface area (Å²) < 4.78 is 52.8. The van der Waals surface area contributed by atoms with Crippen LogP contribution in [0.5, 0.6) is 17.2 Å². The summed E-state index contributed by atoms with van der Waals surface area (Å²) >= 11 is 5.94. The van der Waals surface area contributed by atoms with Crippen molar-refractivity contribution in [2.24, 2.45) is 0 Å². The number of anilines is 2. The van der Waals surface area contributed by atoms with E-state index in [1.165, 1.54) is 31.6 Å². The molecule has 1 aromatic heterocycles. The number of halogens is 4. The topological polar surface area (TPSA) is 85.8 Å². The SMILES string of the molecule is C=CC(=O)N1CC(Oc2cc3c(Nc4ccc(OC(F)(F)F)c(Cl)c4)ncnc3cc2OC)C1. The van der Waals surface area contributed by atoms with Crippen molar-refractivity contribution in [2.75, 3.05) is 25.5 Å². The van der Waals surface area contributed by atoms with Crippen LogP contribution in [0.25, 0.3) is 10.9 Å². The molecule has 0 atom stereocenters. The second kappa shape index (κ2) is 9.26. The number of carbonyl (C=O) groups is 1. The number of carbonyl (C=O) groups excluding carboxylic acids is 1. The van der Waals surface area contributed by atoms with Crippen molar-refractivity contribution in [2.45, 2.75) is 12.5 Å². The van der Waals surface area contributed by atoms with Gasteiger partial charge in [0, 0.05) is 17.1 Å². The van der Waals surface area contributed by atoms with Gasteiger partial charge in [-0.2, -0.15) is 0 Å². The van der Waals surface area contributed by atoms with E-state index in [0.717, 1.165) is 6.07 Å². The van der Waals surface area contributed by atoms with E-state index in [9.17, 15) is 18.0 Å². The van der Waals surface area contributed by atoms with Gasteiger partial charge in [-0.25, -0.2) is 9.97 Å². The molecule has 1 aliphatic heterocycles. The van der Waals surface area contributed by atoms with E-state index < -0.39 is 12.1 Å². The van der Waals surface area contributed by atoms with Crippen LogP contribution in [0.4, 0.5) is 24.7 Å². The average Bonchev–Trinajstić information content (AvgIpc) is 2.76. The number of likely N-dealkylation sites (tertiary alicyclic amines) is 1. The molecule has 0 unspecified atom stereocenters. The van der Waals surface area contributed by atoms with Crippen molar-refractivity contribution in [3.05, 3.63) is 54.3 Å². The minimum absolute atomic E-state index is 0.171. The Labute approximate surface area is 196 Å². The van der Waals surface area contributed by atoms with Gasteiger partial charge >= 0.3 is 6.36 Å². The standard InChI is InChI=1S/C22H18ClF3N4O4/c1-3-20(31)30-9-13(10-30)33-19-7-14-16(8-18(19)32-2)27-11-28-21(14)29-12-4-5-17(15(23)6-12)34-22(24,25)26/h3-8,11,13H,1,9-10H2,2H3,(H,27,28,29). The quantitative estimate of drug-likeness (QED) is 0.476. The molecule has 1 amide bonds. The third-order valence-corrected chi connectivity index (χ3v) is 5.26. The molecule has 0 aliphatic carbocycles. The summed E-state index contributed by atoms with van der Waals surface area (Å²) in [7, 11) is 1.50. The third kappa shape index (κ3) is 5.09. The zero-order valence-corrected chi connectivity index (χ0v) is 18.5. The number of fused-ring (bicyclic) bond motifs is 1. The van der Waals surface area contributed by atoms with E-state index in [1.54, 1.807) is 17.0 Å². The van der Waals surface area contributed by atoms with Gasteiger partial charge in [0.15, 0.2) is 11.5 Å². The van der Waals surface area contributed by atoms with Crippen LogP contribution in [0.2, 0.25) is 5.02 Å². The molecule has 0 saturated carbocycles. The number of rotatable bonds is 7. The number of hydrogen-bond acceptors (Lipinski definition) is 7. The van der Waals surface area contributed by atoms with Gasteiger partial charge in [0.1, 0.15) is 24.0 Å². The smallest absolute Gasteiger partial charge is 0.493 e. The first-order chi connectivity index (χ1) is 16.2. The van der Waals surface area contributed by atoms with Gasteiger partial charge < -0.3 is 24.4 Å². The van der Waals surface area contributed by atoms with Crippen LogP contribution >= 0.6 is 11.6 Å². The van der Waals surface area contributed by atoms with Crippen LogP contribution in [0.3, 0.4) is 0 Å². The van der Waals surface area contributed by atoms with Gasteiger partial charge in [0.05, 0.1) is 30.7 Å². The molecular formula is C22H18ClF3N4O4. The molecule has 0 spiro atoms. The molecule has 34 heavy (non-hydrogen) atoms. The maximum absolute atomic E-state index is 12.5. The highest BCUT2D eigenvalue weighted by Crippen LogP contribution is 2.37. The normalized spacial score (nSPS) is 13.9. The number of amides is 1. The summed E-state index contributed by atoms with van der Waals surface area (Å²) in [6.07, 6.45) is -2.50. The number of nitrogens with one attached hydrogen (secondary N) is 1. The van der Waals surface area contributed by atoms with Gasteiger partial charge in [-0.3, -0.25) is 4.79 Å². The number of alkyl halides is 3. The summed E-state index contributed by atoms with van der Waals surface area (Å²) in [6, 6.07) is 7.14. The lowest BCUT2D eigenvalue weighted by molar-refractivity contribution is -0.274. The van der Waals surface area contributed by atoms with Crippen molar-refractivity contribution < 1.29 is 32.2 Å². The first-order valence-electron chi connectivity index (χ1n) is 9.90. The monoisotopic (exact) mass is 494 g/mol. The van der Waals surface area contributed by atoms with E-state index >= 15 is 0 Å². The second-order valence-electron chi connectivity index (χ2n) is 7.25. The van der Waals surface area contributed by atoms with Gasteiger partial charge in [-0.15, -0.1) is 13.2 Å². The molecule has 0 radical (unpaired) electrons. The minimum atomic E-state index is -4.85. The Hall–Kier alpha value is -3.73. The zero-order valence-electron chi connectivity index (χ0n) is 17.7. The molecule has 2 heterocycles. The van der Waals surface area contributed by atoms with Crippen molar-refractivity contribution in [1.82, 2.24) is 14.9 Å². The fourth-order valence-corrected chi connectivity index (χ4v) is 3.56. The molecule has 1 saturated heterocycles. The largest absolute Gasteiger partial charge is 0.573 e. The Kier molecular flexibility index (Phi) is 6.38. The van der Waals surface area contributed by atoms with Crippen molar-refractivity contribution in [3.63, 3.8) is 0 Å². The Morgan fingerprint density at radius 1 is 1.21 bits per heavy atom. The van der Waals surface area contributed by atoms with E-state index in [-0.39, 0.29) is 17.0 Å². The van der Waals surface area contributed by atoms with Crippen LogP contribution in [-0.2, 0) is 4.79 Å². The lowest BCUT2D eigenvalue weighted by atomic mass is 10.1. The fraction of sp³-hybridized carbons (Fsp3) is 0.227. The van der Waals surface area contributed by atoms with Gasteiger partial charge in [0.25, 0.3) is 0 Å². The molecule has 178 valence electrons. The van der Waals surface area contributed by atoms with Gasteiger partial charge in [0.2, 0.25) is 5.91 Å². The van der Waals surface area contributed by atoms with E-state index in [0.29, 0.717) is 47.0 Å². The lowest BCUT2D eigenvalue weighted by Crippen LogP contribution is -2.55. The maximum Gasteiger partial charge on any atom is 0.573 e. The summed E-state index contributed by atoms with van der Waals surface area (Å²) in [4.78, 5) is 21.7. The summed E-state index contributed by atoms with van der Waals surface area (Å²) in [6.45, 7) is 4.29. The summed E-state index contributed by atoms with van der Waals surface area (Å²) in [5, 5.41) is 3.37. The van der Waals surface area contributed by atoms with Crippen LogP contribution < -0.4 is 19.5 Å². The third-order valence-electron chi connectivity index (χ3n) is 4.97. The highest BCUT2D eigenvalue weighted by molar-refractivity contribution is 6.32. The molecule has 2 aromatic carbocycles. The number of benzene rings is 2. The highest BCUT2D eigenvalue weighted by atomic mass is 35.5. The number of aromatic nitrogens is 2. The Morgan fingerprint density at radius 3 is 2.62 bits per heavy atom. The second-order valence-corrected chi connectivity index (χ2v) is 7.65. The van der Waals surface area contributed by atoms with E-state index in [2.05, 4.69) is 26.6 Å². The van der Waals surface area contributed by atoms with Crippen molar-refractivity contribution in [3.8, 4) is 17.2 Å².